The summed E-state index contributed by atoms with van der Waals surface area (Å²) in [5.41, 5.74) is -4.31. The standard InChI is InChI=1S/C48HB29O/c49-3-1-2(4-21(52)36(67)44(75)37(68)22(4)53)19(50)23(54)5(3)6-8-10(26(57)40(71)38(69)24(8)55)7(11-9(6)25(56)39(70)41(72)27(11)58)14-29(60)31(62)17(32(63)30(14)61)16-20(51)18-13-12-15(33(64)43(74)42(73)28(12)59)34(65)45(76)47(13)78-48(18)46(77)35(16)66/h1H. The fourth-order valence-electron chi connectivity index (χ4n) is 10.9. The molecule has 10 rings (SSSR count). The molecule has 78 heavy (non-hydrogen) atoms. The Morgan fingerprint density at radius 1 is 0.167 bits per heavy atom. The third kappa shape index (κ3) is 7.36. The van der Waals surface area contributed by atoms with Gasteiger partial charge in [0.2, 0.25) is 0 Å². The van der Waals surface area contributed by atoms with Crippen LogP contribution >= 0.6 is 0 Å². The molecule has 0 bridgehead atoms. The van der Waals surface area contributed by atoms with E-state index in [9.17, 15) is 0 Å². The van der Waals surface area contributed by atoms with E-state index in [1.807, 2.05) is 0 Å². The van der Waals surface area contributed by atoms with Crippen LogP contribution in [0.1, 0.15) is 0 Å². The van der Waals surface area contributed by atoms with Crippen LogP contribution < -0.4 is 158 Å². The van der Waals surface area contributed by atoms with Crippen LogP contribution in [0.15, 0.2) is 10.5 Å². The zero-order chi connectivity index (χ0) is 57.5. The van der Waals surface area contributed by atoms with Crippen LogP contribution in [-0.4, -0.2) is 228 Å². The van der Waals surface area contributed by atoms with Gasteiger partial charge in [0.15, 0.2) is 0 Å². The number of fused-ring (bicyclic) bond motifs is 7. The maximum atomic E-state index is 7.22. The van der Waals surface area contributed by atoms with Gasteiger partial charge in [0, 0.05) is 10.8 Å². The lowest BCUT2D eigenvalue weighted by Crippen LogP contribution is -2.55. The molecule has 0 aliphatic rings. The van der Waals surface area contributed by atoms with Gasteiger partial charge >= 0.3 is 0 Å². The van der Waals surface area contributed by atoms with Gasteiger partial charge in [-0.1, -0.05) is 115 Å². The van der Waals surface area contributed by atoms with Crippen LogP contribution in [0.5, 0.6) is 0 Å². The molecule has 30 heteroatoms. The quantitative estimate of drug-likeness (QED) is 0.127. The summed E-state index contributed by atoms with van der Waals surface area (Å²) in [6.45, 7) is 0. The molecule has 0 fully saturated rings. The third-order valence-electron chi connectivity index (χ3n) is 15.1. The number of hydrogen-bond acceptors (Lipinski definition) is 1. The van der Waals surface area contributed by atoms with Gasteiger partial charge in [0.1, 0.15) is 239 Å². The van der Waals surface area contributed by atoms with Crippen molar-refractivity contribution in [3.63, 3.8) is 0 Å². The third-order valence-corrected chi connectivity index (χ3v) is 15.1. The zero-order valence-electron chi connectivity index (χ0n) is 41.2. The first kappa shape index (κ1) is 56.7. The van der Waals surface area contributed by atoms with Crippen LogP contribution in [0, 0.1) is 0 Å². The van der Waals surface area contributed by atoms with E-state index in [0.29, 0.717) is 0 Å². The first-order valence-corrected chi connectivity index (χ1v) is 22.9. The highest BCUT2D eigenvalue weighted by Crippen LogP contribution is 2.39. The van der Waals surface area contributed by atoms with Crippen molar-refractivity contribution in [3.05, 3.63) is 6.07 Å². The molecule has 0 saturated carbocycles. The van der Waals surface area contributed by atoms with E-state index >= 15 is 0 Å². The van der Waals surface area contributed by atoms with Gasteiger partial charge in [-0.05, 0) is 76.8 Å². The molecule has 10 aromatic rings. The predicted molar refractivity (Wildman–Crippen MR) is 364 cm³/mol. The number of hydrogen-bond donors (Lipinski definition) is 0. The fourth-order valence-corrected chi connectivity index (χ4v) is 10.9. The van der Waals surface area contributed by atoms with Gasteiger partial charge < -0.3 is 4.42 Å². The van der Waals surface area contributed by atoms with Gasteiger partial charge in [-0.25, -0.2) is 0 Å². The lowest BCUT2D eigenvalue weighted by atomic mass is 9.55. The minimum absolute atomic E-state index is 0.000000469. The van der Waals surface area contributed by atoms with Crippen molar-refractivity contribution in [2.75, 3.05) is 0 Å². The van der Waals surface area contributed by atoms with E-state index in [1.165, 1.54) is 6.07 Å². The summed E-state index contributed by atoms with van der Waals surface area (Å²) in [6, 6.07) is 1.41. The number of rotatable bonds is 4. The van der Waals surface area contributed by atoms with Crippen LogP contribution in [0.4, 0.5) is 0 Å². The van der Waals surface area contributed by atoms with E-state index in [1.54, 1.807) is 0 Å². The first-order valence-electron chi connectivity index (χ1n) is 22.9. The lowest BCUT2D eigenvalue weighted by molar-refractivity contribution is 0.675. The predicted octanol–water partition coefficient (Wildman–Crippen LogP) is -21.3. The van der Waals surface area contributed by atoms with Gasteiger partial charge in [0.05, 0.1) is 0 Å². The number of benzene rings is 9. The van der Waals surface area contributed by atoms with Crippen molar-refractivity contribution in [2.45, 2.75) is 0 Å². The highest BCUT2D eigenvalue weighted by molar-refractivity contribution is 6.77. The van der Waals surface area contributed by atoms with Crippen LogP contribution in [0.2, 0.25) is 0 Å². The normalized spacial score (nSPS) is 11.8. The summed E-state index contributed by atoms with van der Waals surface area (Å²) in [4.78, 5) is 0. The van der Waals surface area contributed by atoms with Crippen molar-refractivity contribution in [1.82, 2.24) is 0 Å². The second-order valence-electron chi connectivity index (χ2n) is 19.0. The summed E-state index contributed by atoms with van der Waals surface area (Å²) in [5.74, 6) is 0. The van der Waals surface area contributed by atoms with Crippen LogP contribution in [0.3, 0.4) is 0 Å². The highest BCUT2D eigenvalue weighted by atomic mass is 16.3. The molecule has 0 N–H and O–H groups in total. The zero-order valence-corrected chi connectivity index (χ0v) is 41.2. The van der Waals surface area contributed by atoms with Crippen molar-refractivity contribution in [3.8, 4) is 44.5 Å². The molecule has 0 aliphatic heterocycles. The van der Waals surface area contributed by atoms with Crippen molar-refractivity contribution in [2.24, 2.45) is 0 Å². The topological polar surface area (TPSA) is 13.1 Å². The second kappa shape index (κ2) is 19.3. The van der Waals surface area contributed by atoms with Crippen molar-refractivity contribution >= 4 is 440 Å². The number of furan rings is 1. The Morgan fingerprint density at radius 2 is 0.423 bits per heavy atom. The highest BCUT2D eigenvalue weighted by Gasteiger charge is 2.31. The minimum Gasteiger partial charge on any atom is -0.457 e. The maximum absolute atomic E-state index is 7.22. The van der Waals surface area contributed by atoms with E-state index in [2.05, 4.69) is 0 Å². The van der Waals surface area contributed by atoms with E-state index in [4.69, 9.17) is 232 Å². The summed E-state index contributed by atoms with van der Waals surface area (Å²) < 4.78 is 6.28. The average Bonchev–Trinajstić information content (AvgIpc) is 3.84. The van der Waals surface area contributed by atoms with E-state index in [-0.39, 0.29) is 257 Å². The Bertz CT molecular complexity index is 4400. The summed E-state index contributed by atoms with van der Waals surface area (Å²) in [7, 11) is 196. The molecule has 0 atom stereocenters. The molecular formula is C48HB29O. The minimum atomic E-state index is -0.282. The molecular weight excluding hydrogens is 906 g/mol. The van der Waals surface area contributed by atoms with Crippen molar-refractivity contribution in [1.29, 1.82) is 0 Å². The Kier molecular flexibility index (Phi) is 14.0. The van der Waals surface area contributed by atoms with Crippen LogP contribution in [-0.2, 0) is 0 Å². The molecule has 0 amide bonds. The maximum Gasteiger partial charge on any atom is 0.128 e. The smallest absolute Gasteiger partial charge is 0.128 e. The Hall–Kier alpha value is -4.56. The van der Waals surface area contributed by atoms with Gasteiger partial charge in [-0.2, -0.15) is 0 Å². The largest absolute Gasteiger partial charge is 0.457 e. The first-order chi connectivity index (χ1) is 36.4. The van der Waals surface area contributed by atoms with Crippen molar-refractivity contribution < 1.29 is 4.42 Å². The van der Waals surface area contributed by atoms with Gasteiger partial charge in [-0.15, -0.1) is 49.2 Å². The molecule has 1 heterocycles. The molecule has 1 nitrogen and oxygen atoms in total. The summed E-state index contributed by atoms with van der Waals surface area (Å²) in [5, 5.41) is 0.580. The molecule has 0 unspecified atom stereocenters. The molecule has 0 spiro atoms. The monoisotopic (exact) mass is 912 g/mol. The molecule has 0 aliphatic carbocycles. The second-order valence-corrected chi connectivity index (χ2v) is 19.0. The summed E-state index contributed by atoms with van der Waals surface area (Å²) in [6.07, 6.45) is 0. The summed E-state index contributed by atoms with van der Waals surface area (Å²) >= 11 is 0. The van der Waals surface area contributed by atoms with Crippen LogP contribution in [0.25, 0.3) is 98.8 Å². The Balaban J connectivity index is 1.37. The fraction of sp³-hybridized carbons (Fsp3) is 0. The van der Waals surface area contributed by atoms with E-state index in [0.717, 1.165) is 0 Å². The van der Waals surface area contributed by atoms with Gasteiger partial charge in [-0.3, -0.25) is 0 Å². The SMILES string of the molecule is [B]c1cc(-c2c([B])c([B])c([B])c([B])c2[B])c([B])c([B])c1-c1c2c([B])c([B])c([B])c([B])c2c(-c2c([B])c([B])c(-c3c([B])c([B])c4oc5c([B])c([B])c6c([B])c([B])c([B])c([B])c6c5c4c3[B])c([B])c2[B])c2c([B])c([B])c([B])c([B])c12. The Labute approximate surface area is 491 Å². The molecule has 1 aromatic heterocycles. The average molecular weight is 907 g/mol. The lowest BCUT2D eigenvalue weighted by Gasteiger charge is -2.33. The molecule has 286 valence electrons. The van der Waals surface area contributed by atoms with Gasteiger partial charge in [0.25, 0.3) is 0 Å². The molecule has 0 saturated heterocycles. The molecule has 58 radical (unpaired) electrons. The Morgan fingerprint density at radius 3 is 0.846 bits per heavy atom. The molecule has 9 aromatic carbocycles. The van der Waals surface area contributed by atoms with E-state index < -0.39 is 0 Å².